The number of Topliss-reactive ketones (excluding diaryl/α,β-unsaturated/α-hetero) is 1. The van der Waals surface area contributed by atoms with E-state index in [9.17, 15) is 9.90 Å². The van der Waals surface area contributed by atoms with Crippen LogP contribution in [0.15, 0.2) is 0 Å². The third-order valence-corrected chi connectivity index (χ3v) is 8.60. The maximum atomic E-state index is 12.8. The number of carbonyl (C=O) groups is 1. The first-order valence-corrected chi connectivity index (χ1v) is 9.58. The highest BCUT2D eigenvalue weighted by Crippen LogP contribution is 2.66. The fourth-order valence-corrected chi connectivity index (χ4v) is 7.20. The van der Waals surface area contributed by atoms with Crippen molar-refractivity contribution in [3.63, 3.8) is 0 Å². The Morgan fingerprint density at radius 2 is 1.87 bits per heavy atom. The predicted octanol–water partition coefficient (Wildman–Crippen LogP) is 3.82. The molecule has 4 rings (SSSR count). The van der Waals surface area contributed by atoms with Crippen LogP contribution < -0.4 is 0 Å². The van der Waals surface area contributed by atoms with Gasteiger partial charge in [-0.25, -0.2) is 0 Å². The predicted molar refractivity (Wildman–Crippen MR) is 90.4 cm³/mol. The Bertz CT molecular complexity index is 561. The Hall–Kier alpha value is -0.810. The SMILES string of the molecule is C#C[C@@H]1C[C@H]2[C@@H]3CC[C@H]4C[C@@H](O)CC[C@]4(C)[C@H]3CC[C@]2(C)C1=O. The first-order chi connectivity index (χ1) is 10.9. The van der Waals surface area contributed by atoms with E-state index in [1.165, 1.54) is 19.3 Å². The third kappa shape index (κ3) is 2.02. The Morgan fingerprint density at radius 3 is 2.61 bits per heavy atom. The van der Waals surface area contributed by atoms with Crippen LogP contribution in [-0.4, -0.2) is 17.0 Å². The van der Waals surface area contributed by atoms with Crippen molar-refractivity contribution in [1.29, 1.82) is 0 Å². The molecule has 0 aliphatic heterocycles. The number of terminal acetylenes is 1. The van der Waals surface area contributed by atoms with Crippen LogP contribution in [0.25, 0.3) is 0 Å². The molecule has 0 aromatic heterocycles. The first-order valence-electron chi connectivity index (χ1n) is 9.58. The second-order valence-corrected chi connectivity index (χ2v) is 9.36. The molecule has 0 aromatic rings. The van der Waals surface area contributed by atoms with Crippen molar-refractivity contribution in [1.82, 2.24) is 0 Å². The summed E-state index contributed by atoms with van der Waals surface area (Å²) in [7, 11) is 0. The molecule has 4 aliphatic carbocycles. The molecule has 0 heterocycles. The van der Waals surface area contributed by atoms with E-state index in [-0.39, 0.29) is 17.4 Å². The molecule has 0 amide bonds. The normalized spacial score (nSPS) is 55.5. The van der Waals surface area contributed by atoms with E-state index >= 15 is 0 Å². The molecule has 0 spiro atoms. The average molecular weight is 314 g/mol. The van der Waals surface area contributed by atoms with Gasteiger partial charge in [0.15, 0.2) is 5.78 Å². The summed E-state index contributed by atoms with van der Waals surface area (Å²) in [4.78, 5) is 12.8. The summed E-state index contributed by atoms with van der Waals surface area (Å²) in [5.41, 5.74) is 0.219. The van der Waals surface area contributed by atoms with Gasteiger partial charge in [-0.3, -0.25) is 4.79 Å². The minimum absolute atomic E-state index is 0.0858. The van der Waals surface area contributed by atoms with Gasteiger partial charge in [-0.15, -0.1) is 6.42 Å². The average Bonchev–Trinajstić information content (AvgIpc) is 2.79. The van der Waals surface area contributed by atoms with E-state index in [1.807, 2.05) is 0 Å². The molecule has 4 saturated carbocycles. The summed E-state index contributed by atoms with van der Waals surface area (Å²) in [6, 6.07) is 0. The van der Waals surface area contributed by atoms with Crippen LogP contribution >= 0.6 is 0 Å². The number of carbonyl (C=O) groups excluding carboxylic acids is 1. The quantitative estimate of drug-likeness (QED) is 0.690. The molecule has 0 aromatic carbocycles. The van der Waals surface area contributed by atoms with Crippen LogP contribution in [-0.2, 0) is 4.79 Å². The van der Waals surface area contributed by atoms with Crippen molar-refractivity contribution in [2.75, 3.05) is 0 Å². The van der Waals surface area contributed by atoms with Gasteiger partial charge in [0.25, 0.3) is 0 Å². The molecule has 23 heavy (non-hydrogen) atoms. The number of rotatable bonds is 0. The van der Waals surface area contributed by atoms with Crippen LogP contribution in [0.5, 0.6) is 0 Å². The smallest absolute Gasteiger partial charge is 0.153 e. The summed E-state index contributed by atoms with van der Waals surface area (Å²) in [5, 5.41) is 10.1. The molecule has 126 valence electrons. The number of aliphatic hydroxyl groups excluding tert-OH is 1. The Morgan fingerprint density at radius 1 is 1.09 bits per heavy atom. The van der Waals surface area contributed by atoms with Crippen LogP contribution in [0.1, 0.15) is 65.2 Å². The molecule has 4 fully saturated rings. The highest BCUT2D eigenvalue weighted by molar-refractivity contribution is 5.91. The van der Waals surface area contributed by atoms with Crippen molar-refractivity contribution >= 4 is 5.78 Å². The summed E-state index contributed by atoms with van der Waals surface area (Å²) in [6.07, 6.45) is 14.3. The second-order valence-electron chi connectivity index (χ2n) is 9.36. The zero-order chi connectivity index (χ0) is 16.4. The number of aliphatic hydroxyl groups is 1. The number of fused-ring (bicyclic) bond motifs is 5. The summed E-state index contributed by atoms with van der Waals surface area (Å²) >= 11 is 0. The number of hydrogen-bond donors (Lipinski definition) is 1. The molecule has 0 unspecified atom stereocenters. The van der Waals surface area contributed by atoms with Gasteiger partial charge in [0.1, 0.15) is 0 Å². The van der Waals surface area contributed by atoms with Gasteiger partial charge in [-0.1, -0.05) is 19.8 Å². The minimum atomic E-state index is -0.157. The molecular formula is C21H30O2. The molecule has 2 nitrogen and oxygen atoms in total. The molecular weight excluding hydrogens is 284 g/mol. The van der Waals surface area contributed by atoms with Gasteiger partial charge in [-0.05, 0) is 80.5 Å². The number of hydrogen-bond acceptors (Lipinski definition) is 2. The lowest BCUT2D eigenvalue weighted by Crippen LogP contribution is -2.54. The summed E-state index contributed by atoms with van der Waals surface area (Å²) in [5.74, 6) is 5.58. The van der Waals surface area contributed by atoms with Crippen LogP contribution in [0, 0.1) is 52.8 Å². The van der Waals surface area contributed by atoms with E-state index in [0.29, 0.717) is 29.0 Å². The molecule has 2 heteroatoms. The summed E-state index contributed by atoms with van der Waals surface area (Å²) < 4.78 is 0. The molecule has 1 N–H and O–H groups in total. The largest absolute Gasteiger partial charge is 0.393 e. The third-order valence-electron chi connectivity index (χ3n) is 8.60. The van der Waals surface area contributed by atoms with Crippen molar-refractivity contribution in [3.8, 4) is 12.3 Å². The number of ketones is 1. The van der Waals surface area contributed by atoms with Crippen LogP contribution in [0.2, 0.25) is 0 Å². The molecule has 0 bridgehead atoms. The minimum Gasteiger partial charge on any atom is -0.393 e. The zero-order valence-corrected chi connectivity index (χ0v) is 14.6. The van der Waals surface area contributed by atoms with E-state index in [1.54, 1.807) is 0 Å². The van der Waals surface area contributed by atoms with Gasteiger partial charge in [0, 0.05) is 5.41 Å². The Balaban J connectivity index is 1.65. The van der Waals surface area contributed by atoms with E-state index in [4.69, 9.17) is 6.42 Å². The van der Waals surface area contributed by atoms with E-state index in [2.05, 4.69) is 19.8 Å². The zero-order valence-electron chi connectivity index (χ0n) is 14.6. The van der Waals surface area contributed by atoms with Gasteiger partial charge in [0.2, 0.25) is 0 Å². The highest BCUT2D eigenvalue weighted by Gasteiger charge is 2.62. The maximum absolute atomic E-state index is 12.8. The van der Waals surface area contributed by atoms with Crippen LogP contribution in [0.3, 0.4) is 0 Å². The summed E-state index contributed by atoms with van der Waals surface area (Å²) in [6.45, 7) is 4.69. The fourth-order valence-electron chi connectivity index (χ4n) is 7.20. The molecule has 0 saturated heterocycles. The maximum Gasteiger partial charge on any atom is 0.153 e. The standard InChI is InChI=1S/C21H30O2/c1-4-13-11-18-16-6-5-14-12-15(22)7-9-20(14,2)17(16)8-10-21(18,3)19(13)23/h1,13-18,22H,5-12H2,2-3H3/t13-,14+,15+,16-,17+,18+,20+,21+/m1/s1. The molecule has 8 atom stereocenters. The monoisotopic (exact) mass is 314 g/mol. The van der Waals surface area contributed by atoms with Gasteiger partial charge < -0.3 is 5.11 Å². The van der Waals surface area contributed by atoms with Crippen molar-refractivity contribution in [2.45, 2.75) is 71.3 Å². The topological polar surface area (TPSA) is 37.3 Å². The lowest BCUT2D eigenvalue weighted by molar-refractivity contribution is -0.142. The van der Waals surface area contributed by atoms with Gasteiger partial charge >= 0.3 is 0 Å². The Labute approximate surface area is 140 Å². The highest BCUT2D eigenvalue weighted by atomic mass is 16.3. The Kier molecular flexibility index (Phi) is 3.48. The van der Waals surface area contributed by atoms with Gasteiger partial charge in [-0.2, -0.15) is 0 Å². The second kappa shape index (κ2) is 5.09. The van der Waals surface area contributed by atoms with Gasteiger partial charge in [0.05, 0.1) is 12.0 Å². The lowest BCUT2D eigenvalue weighted by atomic mass is 9.45. The van der Waals surface area contributed by atoms with E-state index < -0.39 is 0 Å². The van der Waals surface area contributed by atoms with Crippen molar-refractivity contribution in [2.24, 2.45) is 40.4 Å². The lowest BCUT2D eigenvalue weighted by Gasteiger charge is -2.60. The van der Waals surface area contributed by atoms with E-state index in [0.717, 1.165) is 38.0 Å². The van der Waals surface area contributed by atoms with Crippen LogP contribution in [0.4, 0.5) is 0 Å². The van der Waals surface area contributed by atoms with Crippen molar-refractivity contribution in [3.05, 3.63) is 0 Å². The molecule has 4 aliphatic rings. The molecule has 0 radical (unpaired) electrons. The van der Waals surface area contributed by atoms with Crippen molar-refractivity contribution < 1.29 is 9.90 Å². The fraction of sp³-hybridized carbons (Fsp3) is 0.857. The first kappa shape index (κ1) is 15.7.